The molecule has 1 aromatic rings. The van der Waals surface area contributed by atoms with Gasteiger partial charge >= 0.3 is 0 Å². The van der Waals surface area contributed by atoms with Gasteiger partial charge in [0.05, 0.1) is 6.21 Å². The van der Waals surface area contributed by atoms with E-state index in [2.05, 4.69) is 9.99 Å². The van der Waals surface area contributed by atoms with Crippen molar-refractivity contribution >= 4 is 12.1 Å². The van der Waals surface area contributed by atoms with Gasteiger partial charge in [-0.3, -0.25) is 10.2 Å². The summed E-state index contributed by atoms with van der Waals surface area (Å²) in [5.41, 5.74) is 2.83. The number of hydrazine groups is 1. The summed E-state index contributed by atoms with van der Waals surface area (Å²) in [6, 6.07) is 9.41. The van der Waals surface area contributed by atoms with E-state index in [9.17, 15) is 4.79 Å². The van der Waals surface area contributed by atoms with Crippen LogP contribution in [0.3, 0.4) is 0 Å². The molecule has 14 heavy (non-hydrogen) atoms. The number of oxime groups is 1. The second-order valence-corrected chi connectivity index (χ2v) is 2.49. The van der Waals surface area contributed by atoms with Gasteiger partial charge in [0.2, 0.25) is 0 Å². The highest BCUT2D eigenvalue weighted by atomic mass is 16.6. The summed E-state index contributed by atoms with van der Waals surface area (Å²) in [5.74, 6) is 4.41. The molecule has 5 nitrogen and oxygen atoms in total. The summed E-state index contributed by atoms with van der Waals surface area (Å²) in [6.45, 7) is -0.181. The Balaban J connectivity index is 2.31. The fraction of sp³-hybridized carbons (Fsp3) is 0.111. The molecule has 0 fully saturated rings. The fourth-order valence-corrected chi connectivity index (χ4v) is 0.775. The molecule has 0 saturated carbocycles. The summed E-state index contributed by atoms with van der Waals surface area (Å²) in [4.78, 5) is 15.3. The zero-order valence-electron chi connectivity index (χ0n) is 7.51. The lowest BCUT2D eigenvalue weighted by atomic mass is 10.2. The molecule has 1 amide bonds. The van der Waals surface area contributed by atoms with E-state index >= 15 is 0 Å². The molecule has 0 aliphatic heterocycles. The van der Waals surface area contributed by atoms with E-state index in [1.165, 1.54) is 6.21 Å². The molecule has 0 aliphatic carbocycles. The Hall–Kier alpha value is -1.88. The molecular formula is C9H11N3O2. The van der Waals surface area contributed by atoms with Gasteiger partial charge in [-0.05, 0) is 5.56 Å². The van der Waals surface area contributed by atoms with Crippen LogP contribution in [-0.4, -0.2) is 18.7 Å². The largest absolute Gasteiger partial charge is 0.386 e. The Morgan fingerprint density at radius 1 is 1.50 bits per heavy atom. The van der Waals surface area contributed by atoms with Crippen LogP contribution in [0.15, 0.2) is 35.5 Å². The van der Waals surface area contributed by atoms with Crippen molar-refractivity contribution in [2.24, 2.45) is 11.0 Å². The van der Waals surface area contributed by atoms with Crippen molar-refractivity contribution in [2.75, 3.05) is 6.61 Å². The highest BCUT2D eigenvalue weighted by molar-refractivity contribution is 5.79. The maximum atomic E-state index is 10.6. The van der Waals surface area contributed by atoms with Gasteiger partial charge in [0, 0.05) is 0 Å². The number of hydrogen-bond donors (Lipinski definition) is 2. The molecule has 0 heterocycles. The van der Waals surface area contributed by atoms with E-state index in [-0.39, 0.29) is 6.61 Å². The predicted octanol–water partition coefficient (Wildman–Crippen LogP) is 0.0270. The lowest BCUT2D eigenvalue weighted by Gasteiger charge is -1.96. The van der Waals surface area contributed by atoms with Crippen molar-refractivity contribution in [2.45, 2.75) is 0 Å². The Kier molecular flexibility index (Phi) is 4.16. The number of rotatable bonds is 4. The number of nitrogens with zero attached hydrogens (tertiary/aromatic N) is 1. The molecule has 1 rings (SSSR count). The second-order valence-electron chi connectivity index (χ2n) is 2.49. The Morgan fingerprint density at radius 2 is 2.21 bits per heavy atom. The predicted molar refractivity (Wildman–Crippen MR) is 52.3 cm³/mol. The van der Waals surface area contributed by atoms with Crippen molar-refractivity contribution in [3.63, 3.8) is 0 Å². The molecule has 3 N–H and O–H groups in total. The first-order valence-corrected chi connectivity index (χ1v) is 4.03. The second kappa shape index (κ2) is 5.71. The molecule has 0 unspecified atom stereocenters. The smallest absolute Gasteiger partial charge is 0.274 e. The van der Waals surface area contributed by atoms with E-state index < -0.39 is 5.91 Å². The minimum Gasteiger partial charge on any atom is -0.386 e. The maximum absolute atomic E-state index is 10.6. The number of carbonyl (C=O) groups excluding carboxylic acids is 1. The normalized spacial score (nSPS) is 10.1. The van der Waals surface area contributed by atoms with Crippen LogP contribution in [0.2, 0.25) is 0 Å². The minimum atomic E-state index is -0.421. The molecule has 0 aliphatic rings. The van der Waals surface area contributed by atoms with E-state index in [0.717, 1.165) is 5.56 Å². The molecule has 74 valence electrons. The Bertz CT molecular complexity index is 311. The van der Waals surface area contributed by atoms with Gasteiger partial charge in [-0.25, -0.2) is 5.84 Å². The molecule has 0 bridgehead atoms. The molecule has 0 aromatic heterocycles. The van der Waals surface area contributed by atoms with Gasteiger partial charge in [-0.15, -0.1) is 0 Å². The molecule has 5 heteroatoms. The van der Waals surface area contributed by atoms with Crippen molar-refractivity contribution in [3.05, 3.63) is 35.9 Å². The Morgan fingerprint density at radius 3 is 2.86 bits per heavy atom. The molecular weight excluding hydrogens is 182 g/mol. The van der Waals surface area contributed by atoms with Gasteiger partial charge in [0.15, 0.2) is 6.61 Å². The Labute approximate surface area is 81.5 Å². The number of hydrogen-bond acceptors (Lipinski definition) is 4. The van der Waals surface area contributed by atoms with Gasteiger partial charge in [-0.1, -0.05) is 35.5 Å². The minimum absolute atomic E-state index is 0.181. The number of nitrogens with two attached hydrogens (primary N) is 1. The van der Waals surface area contributed by atoms with Gasteiger partial charge < -0.3 is 4.84 Å². The first kappa shape index (κ1) is 10.2. The zero-order chi connectivity index (χ0) is 10.2. The third kappa shape index (κ3) is 3.68. The van der Waals surface area contributed by atoms with E-state index in [1.54, 1.807) is 0 Å². The monoisotopic (exact) mass is 193 g/mol. The number of benzene rings is 1. The highest BCUT2D eigenvalue weighted by Gasteiger charge is 1.95. The maximum Gasteiger partial charge on any atom is 0.274 e. The van der Waals surface area contributed by atoms with Crippen LogP contribution < -0.4 is 11.3 Å². The van der Waals surface area contributed by atoms with Crippen LogP contribution in [0.5, 0.6) is 0 Å². The van der Waals surface area contributed by atoms with E-state index in [1.807, 2.05) is 35.8 Å². The molecule has 0 atom stereocenters. The van der Waals surface area contributed by atoms with Crippen LogP contribution >= 0.6 is 0 Å². The number of carbonyl (C=O) groups is 1. The first-order valence-electron chi connectivity index (χ1n) is 4.03. The summed E-state index contributed by atoms with van der Waals surface area (Å²) in [6.07, 6.45) is 1.52. The quantitative estimate of drug-likeness (QED) is 0.306. The van der Waals surface area contributed by atoms with E-state index in [0.29, 0.717) is 0 Å². The van der Waals surface area contributed by atoms with Crippen LogP contribution in [0.25, 0.3) is 0 Å². The average Bonchev–Trinajstić information content (AvgIpc) is 2.25. The highest BCUT2D eigenvalue weighted by Crippen LogP contribution is 1.93. The third-order valence-corrected chi connectivity index (χ3v) is 1.43. The molecule has 1 aromatic carbocycles. The topological polar surface area (TPSA) is 76.7 Å². The van der Waals surface area contributed by atoms with Crippen molar-refractivity contribution in [1.82, 2.24) is 5.43 Å². The number of amides is 1. The summed E-state index contributed by atoms with van der Waals surface area (Å²) in [7, 11) is 0. The molecule has 0 radical (unpaired) electrons. The molecule has 0 saturated heterocycles. The fourth-order valence-electron chi connectivity index (χ4n) is 0.775. The van der Waals surface area contributed by atoms with Gasteiger partial charge in [-0.2, -0.15) is 0 Å². The average molecular weight is 193 g/mol. The van der Waals surface area contributed by atoms with Crippen LogP contribution in [0.1, 0.15) is 5.56 Å². The molecule has 0 spiro atoms. The zero-order valence-corrected chi connectivity index (χ0v) is 7.51. The lowest BCUT2D eigenvalue weighted by Crippen LogP contribution is -2.32. The van der Waals surface area contributed by atoms with Gasteiger partial charge in [0.1, 0.15) is 0 Å². The summed E-state index contributed by atoms with van der Waals surface area (Å²) < 4.78 is 0. The van der Waals surface area contributed by atoms with Crippen molar-refractivity contribution < 1.29 is 9.63 Å². The van der Waals surface area contributed by atoms with Crippen LogP contribution in [-0.2, 0) is 9.63 Å². The third-order valence-electron chi connectivity index (χ3n) is 1.43. The summed E-state index contributed by atoms with van der Waals surface area (Å²) in [5, 5.41) is 3.59. The van der Waals surface area contributed by atoms with E-state index in [4.69, 9.17) is 5.84 Å². The van der Waals surface area contributed by atoms with Gasteiger partial charge in [0.25, 0.3) is 5.91 Å². The van der Waals surface area contributed by atoms with Crippen LogP contribution in [0.4, 0.5) is 0 Å². The van der Waals surface area contributed by atoms with Crippen LogP contribution in [0, 0.1) is 0 Å². The standard InChI is InChI=1S/C9H11N3O2/c10-12-9(13)7-14-11-6-8-4-2-1-3-5-8/h1-6H,7,10H2,(H,12,13)/b11-6+. The van der Waals surface area contributed by atoms with Crippen molar-refractivity contribution in [3.8, 4) is 0 Å². The van der Waals surface area contributed by atoms with Crippen molar-refractivity contribution in [1.29, 1.82) is 0 Å². The SMILES string of the molecule is NNC(=O)CO/N=C/c1ccccc1. The first-order chi connectivity index (χ1) is 6.83. The number of nitrogens with one attached hydrogen (secondary N) is 1. The summed E-state index contributed by atoms with van der Waals surface area (Å²) >= 11 is 0. The lowest BCUT2D eigenvalue weighted by molar-refractivity contribution is -0.125.